The number of fused-ring (bicyclic) bond motifs is 1. The number of nitrogens with zero attached hydrogens (tertiary/aromatic N) is 1. The van der Waals surface area contributed by atoms with Crippen LogP contribution >= 0.6 is 0 Å². The summed E-state index contributed by atoms with van der Waals surface area (Å²) in [6, 6.07) is 15.7. The quantitative estimate of drug-likeness (QED) is 0.780. The highest BCUT2D eigenvalue weighted by Gasteiger charge is 2.20. The third-order valence-electron chi connectivity index (χ3n) is 3.81. The molecule has 0 fully saturated rings. The van der Waals surface area contributed by atoms with Gasteiger partial charge in [-0.1, -0.05) is 30.3 Å². The van der Waals surface area contributed by atoms with Crippen LogP contribution in [0.1, 0.15) is 11.3 Å². The Kier molecular flexibility index (Phi) is 2.82. The van der Waals surface area contributed by atoms with E-state index in [9.17, 15) is 4.79 Å². The average molecular weight is 290 g/mol. The van der Waals surface area contributed by atoms with Gasteiger partial charge in [-0.3, -0.25) is 4.79 Å². The molecule has 4 heteroatoms. The van der Waals surface area contributed by atoms with Crippen molar-refractivity contribution in [3.8, 4) is 22.8 Å². The molecule has 0 spiro atoms. The number of aryl methyl sites for hydroxylation is 1. The maximum absolute atomic E-state index is 11.5. The third-order valence-corrected chi connectivity index (χ3v) is 3.81. The molecule has 22 heavy (non-hydrogen) atoms. The van der Waals surface area contributed by atoms with Gasteiger partial charge in [0.25, 0.3) is 0 Å². The fraction of sp³-hybridized carbons (Fsp3) is 0.111. The van der Waals surface area contributed by atoms with Gasteiger partial charge in [0.2, 0.25) is 11.8 Å². The van der Waals surface area contributed by atoms with E-state index >= 15 is 0 Å². The van der Waals surface area contributed by atoms with Gasteiger partial charge in [-0.2, -0.15) is 0 Å². The largest absolute Gasteiger partial charge is 0.436 e. The second-order valence-corrected chi connectivity index (χ2v) is 5.40. The van der Waals surface area contributed by atoms with Crippen molar-refractivity contribution >= 4 is 11.6 Å². The first-order chi connectivity index (χ1) is 10.7. The van der Waals surface area contributed by atoms with Crippen LogP contribution in [0.2, 0.25) is 0 Å². The number of hydrogen-bond acceptors (Lipinski definition) is 3. The molecule has 0 radical (unpaired) electrons. The fourth-order valence-electron chi connectivity index (χ4n) is 2.72. The number of hydrogen-bond donors (Lipinski definition) is 1. The first kappa shape index (κ1) is 12.8. The van der Waals surface area contributed by atoms with E-state index < -0.39 is 0 Å². The molecule has 1 N–H and O–H groups in total. The molecule has 1 amide bonds. The van der Waals surface area contributed by atoms with Crippen LogP contribution in [0.3, 0.4) is 0 Å². The number of rotatable bonds is 2. The van der Waals surface area contributed by atoms with Gasteiger partial charge in [0, 0.05) is 16.8 Å². The highest BCUT2D eigenvalue weighted by Crippen LogP contribution is 2.33. The molecule has 1 aliphatic heterocycles. The van der Waals surface area contributed by atoms with Gasteiger partial charge in [-0.05, 0) is 30.7 Å². The highest BCUT2D eigenvalue weighted by molar-refractivity contribution is 5.99. The van der Waals surface area contributed by atoms with E-state index in [1.54, 1.807) is 0 Å². The Hall–Kier alpha value is -2.88. The summed E-state index contributed by atoms with van der Waals surface area (Å²) >= 11 is 0. The number of nitrogens with one attached hydrogen (secondary N) is 1. The van der Waals surface area contributed by atoms with E-state index in [1.807, 2.05) is 55.5 Å². The van der Waals surface area contributed by atoms with Crippen molar-refractivity contribution in [3.05, 3.63) is 59.8 Å². The average Bonchev–Trinajstić information content (AvgIpc) is 3.09. The standard InChI is InChI=1S/C18H14N2O2/c1-11-17(22-18(19-11)12-5-3-2-4-6-12)14-8-7-13-10-16(21)20-15(13)9-14/h2-9H,10H2,1H3,(H,20,21). The Morgan fingerprint density at radius 3 is 2.73 bits per heavy atom. The summed E-state index contributed by atoms with van der Waals surface area (Å²) in [4.78, 5) is 16.0. The predicted molar refractivity (Wildman–Crippen MR) is 84.4 cm³/mol. The minimum Gasteiger partial charge on any atom is -0.436 e. The van der Waals surface area contributed by atoms with Crippen molar-refractivity contribution in [1.29, 1.82) is 0 Å². The summed E-state index contributed by atoms with van der Waals surface area (Å²) < 4.78 is 5.95. The zero-order chi connectivity index (χ0) is 15.1. The number of carbonyl (C=O) groups excluding carboxylic acids is 1. The lowest BCUT2D eigenvalue weighted by Gasteiger charge is -2.02. The van der Waals surface area contributed by atoms with Gasteiger partial charge in [0.1, 0.15) is 0 Å². The first-order valence-electron chi connectivity index (χ1n) is 7.17. The Morgan fingerprint density at radius 1 is 1.09 bits per heavy atom. The summed E-state index contributed by atoms with van der Waals surface area (Å²) in [5.74, 6) is 1.38. The Balaban J connectivity index is 1.77. The number of oxazole rings is 1. The number of aromatic nitrogens is 1. The normalized spacial score (nSPS) is 13.0. The van der Waals surface area contributed by atoms with Gasteiger partial charge >= 0.3 is 0 Å². The van der Waals surface area contributed by atoms with Gasteiger partial charge in [-0.15, -0.1) is 0 Å². The molecule has 0 aliphatic carbocycles. The third kappa shape index (κ3) is 2.09. The molecule has 2 heterocycles. The molecule has 0 saturated carbocycles. The fourth-order valence-corrected chi connectivity index (χ4v) is 2.72. The van der Waals surface area contributed by atoms with Crippen LogP contribution in [0.15, 0.2) is 52.9 Å². The van der Waals surface area contributed by atoms with Gasteiger partial charge in [0.05, 0.1) is 12.1 Å². The van der Waals surface area contributed by atoms with Gasteiger partial charge < -0.3 is 9.73 Å². The Labute approximate surface area is 127 Å². The van der Waals surface area contributed by atoms with Crippen LogP contribution < -0.4 is 5.32 Å². The van der Waals surface area contributed by atoms with Crippen molar-refractivity contribution in [2.75, 3.05) is 5.32 Å². The molecule has 4 rings (SSSR count). The lowest BCUT2D eigenvalue weighted by molar-refractivity contribution is -0.115. The van der Waals surface area contributed by atoms with Crippen LogP contribution in [0, 0.1) is 6.92 Å². The van der Waals surface area contributed by atoms with Gasteiger partial charge in [0.15, 0.2) is 5.76 Å². The van der Waals surface area contributed by atoms with Crippen LogP contribution in [-0.4, -0.2) is 10.9 Å². The summed E-state index contributed by atoms with van der Waals surface area (Å²) in [7, 11) is 0. The summed E-state index contributed by atoms with van der Waals surface area (Å²) in [6.45, 7) is 1.93. The molecule has 0 atom stereocenters. The molecule has 1 aromatic heterocycles. The number of benzene rings is 2. The first-order valence-corrected chi connectivity index (χ1v) is 7.17. The second kappa shape index (κ2) is 4.84. The zero-order valence-electron chi connectivity index (χ0n) is 12.1. The maximum atomic E-state index is 11.5. The van der Waals surface area contributed by atoms with Crippen LogP contribution in [0.5, 0.6) is 0 Å². The monoisotopic (exact) mass is 290 g/mol. The molecule has 0 bridgehead atoms. The van der Waals surface area contributed by atoms with Crippen LogP contribution in [-0.2, 0) is 11.2 Å². The van der Waals surface area contributed by atoms with E-state index in [-0.39, 0.29) is 5.91 Å². The van der Waals surface area contributed by atoms with Crippen molar-refractivity contribution in [2.24, 2.45) is 0 Å². The molecule has 0 saturated heterocycles. The molecule has 108 valence electrons. The lowest BCUT2D eigenvalue weighted by atomic mass is 10.1. The molecule has 0 unspecified atom stereocenters. The Morgan fingerprint density at radius 2 is 1.91 bits per heavy atom. The molecule has 3 aromatic rings. The Bertz CT molecular complexity index is 866. The van der Waals surface area contributed by atoms with Crippen LogP contribution in [0.4, 0.5) is 5.69 Å². The molecular weight excluding hydrogens is 276 g/mol. The molecule has 2 aromatic carbocycles. The highest BCUT2D eigenvalue weighted by atomic mass is 16.4. The summed E-state index contributed by atoms with van der Waals surface area (Å²) in [6.07, 6.45) is 0.445. The smallest absolute Gasteiger partial charge is 0.228 e. The second-order valence-electron chi connectivity index (χ2n) is 5.40. The van der Waals surface area contributed by atoms with Crippen LogP contribution in [0.25, 0.3) is 22.8 Å². The lowest BCUT2D eigenvalue weighted by Crippen LogP contribution is -2.03. The van der Waals surface area contributed by atoms with E-state index in [1.165, 1.54) is 0 Å². The van der Waals surface area contributed by atoms with E-state index in [4.69, 9.17) is 4.42 Å². The number of anilines is 1. The summed E-state index contributed by atoms with van der Waals surface area (Å²) in [5.41, 5.74) is 4.59. The number of amides is 1. The molecule has 1 aliphatic rings. The van der Waals surface area contributed by atoms with Crippen molar-refractivity contribution in [1.82, 2.24) is 4.98 Å². The van der Waals surface area contributed by atoms with Crippen molar-refractivity contribution in [3.63, 3.8) is 0 Å². The number of carbonyl (C=O) groups is 1. The van der Waals surface area contributed by atoms with Crippen molar-refractivity contribution in [2.45, 2.75) is 13.3 Å². The maximum Gasteiger partial charge on any atom is 0.228 e. The SMILES string of the molecule is Cc1nc(-c2ccccc2)oc1-c1ccc2c(c1)NC(=O)C2. The minimum atomic E-state index is 0.0337. The van der Waals surface area contributed by atoms with E-state index in [2.05, 4.69) is 10.3 Å². The minimum absolute atomic E-state index is 0.0337. The zero-order valence-corrected chi connectivity index (χ0v) is 12.1. The van der Waals surface area contributed by atoms with Crippen molar-refractivity contribution < 1.29 is 9.21 Å². The molecular formula is C18H14N2O2. The van der Waals surface area contributed by atoms with E-state index in [0.717, 1.165) is 33.8 Å². The van der Waals surface area contributed by atoms with E-state index in [0.29, 0.717) is 12.3 Å². The topological polar surface area (TPSA) is 55.1 Å². The van der Waals surface area contributed by atoms with Gasteiger partial charge in [-0.25, -0.2) is 4.98 Å². The molecule has 4 nitrogen and oxygen atoms in total. The predicted octanol–water partition coefficient (Wildman–Crippen LogP) is 3.81. The summed E-state index contributed by atoms with van der Waals surface area (Å²) in [5, 5.41) is 2.86.